The fourth-order valence-electron chi connectivity index (χ4n) is 2.18. The number of nitrogens with two attached hydrogens (primary N) is 1. The fourth-order valence-corrected chi connectivity index (χ4v) is 3.87. The van der Waals surface area contributed by atoms with Crippen LogP contribution in [-0.4, -0.2) is 38.0 Å². The highest BCUT2D eigenvalue weighted by molar-refractivity contribution is 7.89. The standard InChI is InChI=1S/C12H17FN2O3S/c1-8-6-15(7-9(2)18-8)19(16,17)12-5-10(14)3-4-11(12)13/h3-5,8-9H,6-7,14H2,1-2H3. The van der Waals surface area contributed by atoms with Gasteiger partial charge in [-0.25, -0.2) is 12.8 Å². The Bertz CT molecular complexity index is 566. The first kappa shape index (κ1) is 14.2. The van der Waals surface area contributed by atoms with E-state index in [-0.39, 0.29) is 35.9 Å². The summed E-state index contributed by atoms with van der Waals surface area (Å²) in [6, 6.07) is 3.55. The second-order valence-corrected chi connectivity index (χ2v) is 6.68. The molecule has 0 radical (unpaired) electrons. The molecule has 1 aromatic rings. The van der Waals surface area contributed by atoms with Gasteiger partial charge >= 0.3 is 0 Å². The van der Waals surface area contributed by atoms with Gasteiger partial charge < -0.3 is 10.5 Å². The molecule has 106 valence electrons. The van der Waals surface area contributed by atoms with Crippen LogP contribution in [0.2, 0.25) is 0 Å². The Morgan fingerprint density at radius 2 is 1.89 bits per heavy atom. The van der Waals surface area contributed by atoms with Crippen molar-refractivity contribution in [1.82, 2.24) is 4.31 Å². The predicted molar refractivity (Wildman–Crippen MR) is 69.6 cm³/mol. The Balaban J connectivity index is 2.39. The minimum atomic E-state index is -3.88. The van der Waals surface area contributed by atoms with Crippen molar-refractivity contribution >= 4 is 15.7 Å². The third-order valence-corrected chi connectivity index (χ3v) is 4.81. The highest BCUT2D eigenvalue weighted by Crippen LogP contribution is 2.24. The molecule has 2 rings (SSSR count). The topological polar surface area (TPSA) is 72.6 Å². The molecule has 0 spiro atoms. The van der Waals surface area contributed by atoms with E-state index in [0.717, 1.165) is 12.1 Å². The largest absolute Gasteiger partial charge is 0.399 e. The van der Waals surface area contributed by atoms with E-state index in [9.17, 15) is 12.8 Å². The minimum Gasteiger partial charge on any atom is -0.399 e. The Labute approximate surface area is 112 Å². The number of benzene rings is 1. The monoisotopic (exact) mass is 288 g/mol. The molecule has 5 nitrogen and oxygen atoms in total. The van der Waals surface area contributed by atoms with Crippen LogP contribution >= 0.6 is 0 Å². The van der Waals surface area contributed by atoms with Crippen LogP contribution in [-0.2, 0) is 14.8 Å². The Hall–Kier alpha value is -1.18. The summed E-state index contributed by atoms with van der Waals surface area (Å²) in [6.07, 6.45) is -0.440. The molecular formula is C12H17FN2O3S. The van der Waals surface area contributed by atoms with Gasteiger partial charge in [-0.1, -0.05) is 0 Å². The van der Waals surface area contributed by atoms with Gasteiger partial charge in [-0.3, -0.25) is 0 Å². The minimum absolute atomic E-state index is 0.209. The van der Waals surface area contributed by atoms with Gasteiger partial charge in [-0.15, -0.1) is 0 Å². The summed E-state index contributed by atoms with van der Waals surface area (Å²) in [5, 5.41) is 0. The van der Waals surface area contributed by atoms with Gasteiger partial charge in [0.15, 0.2) is 0 Å². The molecule has 0 aromatic heterocycles. The van der Waals surface area contributed by atoms with Gasteiger partial charge in [-0.2, -0.15) is 4.31 Å². The first-order chi connectivity index (χ1) is 8.80. The van der Waals surface area contributed by atoms with Gasteiger partial charge in [0.05, 0.1) is 12.2 Å². The molecule has 19 heavy (non-hydrogen) atoms. The van der Waals surface area contributed by atoms with Gasteiger partial charge in [-0.05, 0) is 32.0 Å². The SMILES string of the molecule is CC1CN(S(=O)(=O)c2cc(N)ccc2F)CC(C)O1. The number of hydrogen-bond acceptors (Lipinski definition) is 4. The maximum absolute atomic E-state index is 13.7. The maximum atomic E-state index is 13.7. The first-order valence-electron chi connectivity index (χ1n) is 6.01. The Morgan fingerprint density at radius 3 is 2.47 bits per heavy atom. The molecule has 1 heterocycles. The molecule has 1 aliphatic rings. The molecular weight excluding hydrogens is 271 g/mol. The van der Waals surface area contributed by atoms with Gasteiger partial charge in [0.1, 0.15) is 10.7 Å². The van der Waals surface area contributed by atoms with E-state index in [0.29, 0.717) is 0 Å². The van der Waals surface area contributed by atoms with Crippen molar-refractivity contribution in [2.45, 2.75) is 31.0 Å². The lowest BCUT2D eigenvalue weighted by Gasteiger charge is -2.34. The zero-order valence-corrected chi connectivity index (χ0v) is 11.7. The number of sulfonamides is 1. The van der Waals surface area contributed by atoms with Crippen molar-refractivity contribution in [3.05, 3.63) is 24.0 Å². The number of hydrogen-bond donors (Lipinski definition) is 1. The van der Waals surface area contributed by atoms with Crippen LogP contribution in [0.5, 0.6) is 0 Å². The van der Waals surface area contributed by atoms with Crippen LogP contribution in [0.25, 0.3) is 0 Å². The van der Waals surface area contributed by atoms with E-state index < -0.39 is 15.8 Å². The molecule has 2 unspecified atom stereocenters. The summed E-state index contributed by atoms with van der Waals surface area (Å²) in [5.41, 5.74) is 5.75. The highest BCUT2D eigenvalue weighted by Gasteiger charge is 2.33. The van der Waals surface area contributed by atoms with Crippen molar-refractivity contribution in [2.24, 2.45) is 0 Å². The molecule has 1 aliphatic heterocycles. The second kappa shape index (κ2) is 5.07. The number of ether oxygens (including phenoxy) is 1. The van der Waals surface area contributed by atoms with Crippen LogP contribution in [0.1, 0.15) is 13.8 Å². The number of nitrogen functional groups attached to an aromatic ring is 1. The highest BCUT2D eigenvalue weighted by atomic mass is 32.2. The van der Waals surface area contributed by atoms with E-state index in [2.05, 4.69) is 0 Å². The lowest BCUT2D eigenvalue weighted by atomic mass is 10.3. The molecule has 0 aliphatic carbocycles. The van der Waals surface area contributed by atoms with E-state index >= 15 is 0 Å². The van der Waals surface area contributed by atoms with Crippen molar-refractivity contribution < 1.29 is 17.5 Å². The third kappa shape index (κ3) is 2.88. The van der Waals surface area contributed by atoms with Gasteiger partial charge in [0.25, 0.3) is 0 Å². The summed E-state index contributed by atoms with van der Waals surface area (Å²) in [5.74, 6) is -0.791. The summed E-state index contributed by atoms with van der Waals surface area (Å²) in [7, 11) is -3.88. The summed E-state index contributed by atoms with van der Waals surface area (Å²) in [4.78, 5) is -0.381. The third-order valence-electron chi connectivity index (χ3n) is 2.96. The van der Waals surface area contributed by atoms with E-state index in [4.69, 9.17) is 10.5 Å². The molecule has 1 saturated heterocycles. The zero-order chi connectivity index (χ0) is 14.2. The lowest BCUT2D eigenvalue weighted by molar-refractivity contribution is -0.0441. The number of halogens is 1. The Morgan fingerprint density at radius 1 is 1.32 bits per heavy atom. The van der Waals surface area contributed by atoms with Gasteiger partial charge in [0.2, 0.25) is 10.0 Å². The number of rotatable bonds is 2. The smallest absolute Gasteiger partial charge is 0.246 e. The maximum Gasteiger partial charge on any atom is 0.246 e. The lowest BCUT2D eigenvalue weighted by Crippen LogP contribution is -2.48. The van der Waals surface area contributed by atoms with Gasteiger partial charge in [0, 0.05) is 18.8 Å². The normalized spacial score (nSPS) is 25.4. The van der Waals surface area contributed by atoms with Crippen LogP contribution in [0.3, 0.4) is 0 Å². The quantitative estimate of drug-likeness (QED) is 0.830. The van der Waals surface area contributed by atoms with Crippen LogP contribution in [0.4, 0.5) is 10.1 Å². The molecule has 1 fully saturated rings. The zero-order valence-electron chi connectivity index (χ0n) is 10.8. The molecule has 2 N–H and O–H groups in total. The fraction of sp³-hybridized carbons (Fsp3) is 0.500. The van der Waals surface area contributed by atoms with E-state index in [1.807, 2.05) is 0 Å². The molecule has 0 amide bonds. The van der Waals surface area contributed by atoms with Crippen molar-refractivity contribution in [3.63, 3.8) is 0 Å². The van der Waals surface area contributed by atoms with Crippen LogP contribution in [0.15, 0.2) is 23.1 Å². The van der Waals surface area contributed by atoms with E-state index in [1.54, 1.807) is 13.8 Å². The van der Waals surface area contributed by atoms with Crippen molar-refractivity contribution in [1.29, 1.82) is 0 Å². The average Bonchev–Trinajstić information content (AvgIpc) is 2.31. The molecule has 0 bridgehead atoms. The number of anilines is 1. The molecule has 0 saturated carbocycles. The average molecular weight is 288 g/mol. The second-order valence-electron chi connectivity index (χ2n) is 4.77. The Kier molecular flexibility index (Phi) is 3.80. The summed E-state index contributed by atoms with van der Waals surface area (Å²) >= 11 is 0. The van der Waals surface area contributed by atoms with Crippen molar-refractivity contribution in [2.75, 3.05) is 18.8 Å². The molecule has 7 heteroatoms. The molecule has 2 atom stereocenters. The van der Waals surface area contributed by atoms with Crippen LogP contribution < -0.4 is 5.73 Å². The number of nitrogens with zero attached hydrogens (tertiary/aromatic N) is 1. The predicted octanol–water partition coefficient (Wildman–Crippen LogP) is 1.21. The molecule has 1 aromatic carbocycles. The summed E-state index contributed by atoms with van der Waals surface area (Å²) < 4.78 is 45.3. The number of morpholine rings is 1. The summed E-state index contributed by atoms with van der Waals surface area (Å²) in [6.45, 7) is 3.99. The van der Waals surface area contributed by atoms with E-state index in [1.165, 1.54) is 10.4 Å². The van der Waals surface area contributed by atoms with Crippen LogP contribution in [0, 0.1) is 5.82 Å². The van der Waals surface area contributed by atoms with Crippen molar-refractivity contribution in [3.8, 4) is 0 Å². The first-order valence-corrected chi connectivity index (χ1v) is 7.45.